The van der Waals surface area contributed by atoms with E-state index in [-0.39, 0.29) is 18.1 Å². The maximum absolute atomic E-state index is 11.8. The molecular formula is C14H20N2O3. The molecule has 0 radical (unpaired) electrons. The molecule has 1 heterocycles. The first-order valence-corrected chi connectivity index (χ1v) is 6.49. The number of ether oxygens (including phenoxy) is 2. The van der Waals surface area contributed by atoms with Crippen LogP contribution >= 0.6 is 0 Å². The zero-order valence-corrected chi connectivity index (χ0v) is 11.3. The van der Waals surface area contributed by atoms with E-state index in [0.29, 0.717) is 19.8 Å². The molecule has 1 amide bonds. The van der Waals surface area contributed by atoms with Crippen LogP contribution in [0.4, 0.5) is 5.69 Å². The molecule has 0 aromatic heterocycles. The van der Waals surface area contributed by atoms with Crippen molar-refractivity contribution in [2.75, 3.05) is 32.1 Å². The number of rotatable bonds is 5. The van der Waals surface area contributed by atoms with Gasteiger partial charge in [-0.2, -0.15) is 0 Å². The van der Waals surface area contributed by atoms with Gasteiger partial charge in [-0.05, 0) is 19.2 Å². The molecule has 5 heteroatoms. The molecule has 0 saturated carbocycles. The average molecular weight is 264 g/mol. The van der Waals surface area contributed by atoms with Gasteiger partial charge in [-0.3, -0.25) is 4.79 Å². The van der Waals surface area contributed by atoms with Gasteiger partial charge in [-0.25, -0.2) is 0 Å². The van der Waals surface area contributed by atoms with Crippen LogP contribution in [0, 0.1) is 5.92 Å². The summed E-state index contributed by atoms with van der Waals surface area (Å²) in [5.74, 6) is -0.0540. The van der Waals surface area contributed by atoms with Crippen LogP contribution < -0.4 is 10.6 Å². The van der Waals surface area contributed by atoms with E-state index >= 15 is 0 Å². The van der Waals surface area contributed by atoms with Crippen molar-refractivity contribution in [3.8, 4) is 0 Å². The highest BCUT2D eigenvalue weighted by Crippen LogP contribution is 2.24. The first-order chi connectivity index (χ1) is 9.20. The zero-order valence-electron chi connectivity index (χ0n) is 11.3. The van der Waals surface area contributed by atoms with Crippen LogP contribution in [0.25, 0.3) is 0 Å². The van der Waals surface area contributed by atoms with Gasteiger partial charge in [-0.1, -0.05) is 19.1 Å². The monoisotopic (exact) mass is 264 g/mol. The number of hydrogen-bond acceptors (Lipinski definition) is 4. The number of benzene rings is 1. The van der Waals surface area contributed by atoms with Crippen molar-refractivity contribution in [3.05, 3.63) is 29.8 Å². The fraction of sp³-hybridized carbons (Fsp3) is 0.500. The van der Waals surface area contributed by atoms with Crippen molar-refractivity contribution in [1.82, 2.24) is 5.32 Å². The molecule has 2 N–H and O–H groups in total. The highest BCUT2D eigenvalue weighted by molar-refractivity contribution is 5.92. The summed E-state index contributed by atoms with van der Waals surface area (Å²) < 4.78 is 10.8. The Bertz CT molecular complexity index is 413. The van der Waals surface area contributed by atoms with Crippen LogP contribution in [0.3, 0.4) is 0 Å². The number of nitrogens with one attached hydrogen (secondary N) is 2. The van der Waals surface area contributed by atoms with E-state index in [2.05, 4.69) is 10.6 Å². The van der Waals surface area contributed by atoms with E-state index in [9.17, 15) is 4.79 Å². The van der Waals surface area contributed by atoms with E-state index < -0.39 is 0 Å². The summed E-state index contributed by atoms with van der Waals surface area (Å²) in [6.07, 6.45) is -0.270. The zero-order chi connectivity index (χ0) is 13.7. The SMILES string of the molecule is CNCC(C)C(=O)Nc1ccc(C2OCCO2)cc1. The third kappa shape index (κ3) is 3.76. The predicted octanol–water partition coefficient (Wildman–Crippen LogP) is 1.53. The van der Waals surface area contributed by atoms with Crippen molar-refractivity contribution < 1.29 is 14.3 Å². The van der Waals surface area contributed by atoms with Gasteiger partial charge in [-0.15, -0.1) is 0 Å². The Labute approximate surface area is 113 Å². The van der Waals surface area contributed by atoms with E-state index in [4.69, 9.17) is 9.47 Å². The summed E-state index contributed by atoms with van der Waals surface area (Å²) in [6.45, 7) is 3.81. The molecule has 1 aromatic rings. The molecule has 1 atom stereocenters. The second-order valence-electron chi connectivity index (χ2n) is 4.64. The second-order valence-corrected chi connectivity index (χ2v) is 4.64. The molecule has 2 rings (SSSR count). The Hall–Kier alpha value is -1.43. The molecular weight excluding hydrogens is 244 g/mol. The predicted molar refractivity (Wildman–Crippen MR) is 72.8 cm³/mol. The van der Waals surface area contributed by atoms with E-state index in [1.54, 1.807) is 0 Å². The van der Waals surface area contributed by atoms with Gasteiger partial charge in [0.25, 0.3) is 0 Å². The Morgan fingerprint density at radius 1 is 1.32 bits per heavy atom. The lowest BCUT2D eigenvalue weighted by Gasteiger charge is -2.13. The molecule has 1 aliphatic heterocycles. The Morgan fingerprint density at radius 3 is 2.53 bits per heavy atom. The van der Waals surface area contributed by atoms with Gasteiger partial charge in [0.1, 0.15) is 0 Å². The topological polar surface area (TPSA) is 59.6 Å². The fourth-order valence-electron chi connectivity index (χ4n) is 1.94. The van der Waals surface area contributed by atoms with Crippen LogP contribution in [-0.4, -0.2) is 32.7 Å². The molecule has 19 heavy (non-hydrogen) atoms. The largest absolute Gasteiger partial charge is 0.346 e. The van der Waals surface area contributed by atoms with Crippen molar-refractivity contribution in [3.63, 3.8) is 0 Å². The molecule has 1 unspecified atom stereocenters. The highest BCUT2D eigenvalue weighted by atomic mass is 16.7. The van der Waals surface area contributed by atoms with E-state index in [1.165, 1.54) is 0 Å². The first kappa shape index (κ1) is 14.0. The lowest BCUT2D eigenvalue weighted by atomic mass is 10.1. The lowest BCUT2D eigenvalue weighted by molar-refractivity contribution is -0.119. The standard InChI is InChI=1S/C14H20N2O3/c1-10(9-15-2)13(17)16-12-5-3-11(4-6-12)14-18-7-8-19-14/h3-6,10,14-15H,7-9H2,1-2H3,(H,16,17). The maximum Gasteiger partial charge on any atom is 0.228 e. The maximum atomic E-state index is 11.8. The fourth-order valence-corrected chi connectivity index (χ4v) is 1.94. The molecule has 1 aliphatic rings. The normalized spacial score (nSPS) is 17.4. The summed E-state index contributed by atoms with van der Waals surface area (Å²) in [5.41, 5.74) is 1.76. The summed E-state index contributed by atoms with van der Waals surface area (Å²) in [5, 5.41) is 5.87. The third-order valence-electron chi connectivity index (χ3n) is 3.03. The van der Waals surface area contributed by atoms with Gasteiger partial charge in [0.05, 0.1) is 13.2 Å². The van der Waals surface area contributed by atoms with Crippen molar-refractivity contribution >= 4 is 11.6 Å². The number of carbonyl (C=O) groups is 1. The molecule has 0 bridgehead atoms. The van der Waals surface area contributed by atoms with Crippen molar-refractivity contribution in [2.24, 2.45) is 5.92 Å². The molecule has 1 fully saturated rings. The molecule has 1 aromatic carbocycles. The molecule has 5 nitrogen and oxygen atoms in total. The van der Waals surface area contributed by atoms with Crippen LogP contribution in [0.2, 0.25) is 0 Å². The van der Waals surface area contributed by atoms with Gasteiger partial charge in [0.15, 0.2) is 6.29 Å². The Balaban J connectivity index is 1.92. The number of amides is 1. The lowest BCUT2D eigenvalue weighted by Crippen LogP contribution is -2.28. The Morgan fingerprint density at radius 2 is 1.95 bits per heavy atom. The van der Waals surface area contributed by atoms with Crippen LogP contribution in [-0.2, 0) is 14.3 Å². The van der Waals surface area contributed by atoms with E-state index in [1.807, 2.05) is 38.2 Å². The number of hydrogen-bond donors (Lipinski definition) is 2. The van der Waals surface area contributed by atoms with Gasteiger partial charge < -0.3 is 20.1 Å². The van der Waals surface area contributed by atoms with Crippen LogP contribution in [0.5, 0.6) is 0 Å². The minimum Gasteiger partial charge on any atom is -0.346 e. The van der Waals surface area contributed by atoms with Crippen LogP contribution in [0.15, 0.2) is 24.3 Å². The van der Waals surface area contributed by atoms with Gasteiger partial charge >= 0.3 is 0 Å². The molecule has 0 spiro atoms. The summed E-state index contributed by atoms with van der Waals surface area (Å²) in [7, 11) is 1.83. The first-order valence-electron chi connectivity index (χ1n) is 6.49. The van der Waals surface area contributed by atoms with Crippen LogP contribution in [0.1, 0.15) is 18.8 Å². The van der Waals surface area contributed by atoms with Crippen molar-refractivity contribution in [2.45, 2.75) is 13.2 Å². The Kier molecular flexibility index (Phi) is 4.90. The summed E-state index contributed by atoms with van der Waals surface area (Å²) in [6, 6.07) is 7.55. The quantitative estimate of drug-likeness (QED) is 0.846. The molecule has 0 aliphatic carbocycles. The molecule has 1 saturated heterocycles. The number of anilines is 1. The summed E-state index contributed by atoms with van der Waals surface area (Å²) >= 11 is 0. The van der Waals surface area contributed by atoms with E-state index in [0.717, 1.165) is 11.3 Å². The minimum absolute atomic E-state index is 0.00969. The highest BCUT2D eigenvalue weighted by Gasteiger charge is 2.18. The van der Waals surface area contributed by atoms with Gasteiger partial charge in [0.2, 0.25) is 5.91 Å². The number of carbonyl (C=O) groups excluding carboxylic acids is 1. The third-order valence-corrected chi connectivity index (χ3v) is 3.03. The van der Waals surface area contributed by atoms with Crippen molar-refractivity contribution in [1.29, 1.82) is 0 Å². The molecule has 104 valence electrons. The average Bonchev–Trinajstić information content (AvgIpc) is 2.94. The smallest absolute Gasteiger partial charge is 0.228 e. The minimum atomic E-state index is -0.270. The van der Waals surface area contributed by atoms with Gasteiger partial charge in [0, 0.05) is 23.7 Å². The second kappa shape index (κ2) is 6.65. The summed E-state index contributed by atoms with van der Waals surface area (Å²) in [4.78, 5) is 11.8.